The molecule has 3 nitrogen and oxygen atoms in total. The summed E-state index contributed by atoms with van der Waals surface area (Å²) in [7, 11) is 2.01. The number of aliphatic imine (C=N–C) groups is 1. The summed E-state index contributed by atoms with van der Waals surface area (Å²) in [5.74, 6) is 2.19. The van der Waals surface area contributed by atoms with Crippen LogP contribution in [0.2, 0.25) is 5.02 Å². The second-order valence-corrected chi connectivity index (χ2v) is 7.90. The van der Waals surface area contributed by atoms with Crippen LogP contribution in [0.25, 0.3) is 0 Å². The topological polar surface area (TPSA) is 24.8 Å². The van der Waals surface area contributed by atoms with Gasteiger partial charge in [0, 0.05) is 13.6 Å². The number of hydrogen-bond donors (Lipinski definition) is 0. The van der Waals surface area contributed by atoms with Gasteiger partial charge in [0.25, 0.3) is 0 Å². The Morgan fingerprint density at radius 3 is 2.52 bits per heavy atom. The molecule has 0 spiro atoms. The van der Waals surface area contributed by atoms with Gasteiger partial charge in [-0.3, -0.25) is 0 Å². The molecule has 1 saturated carbocycles. The van der Waals surface area contributed by atoms with Gasteiger partial charge in [-0.2, -0.15) is 0 Å². The van der Waals surface area contributed by atoms with Crippen LogP contribution in [0.3, 0.4) is 0 Å². The molecule has 0 saturated heterocycles. The summed E-state index contributed by atoms with van der Waals surface area (Å²) in [4.78, 5) is 6.62. The molecule has 0 atom stereocenters. The third-order valence-corrected chi connectivity index (χ3v) is 5.68. The van der Waals surface area contributed by atoms with Crippen LogP contribution < -0.4 is 4.74 Å². The fourth-order valence-electron chi connectivity index (χ4n) is 3.50. The molecule has 27 heavy (non-hydrogen) atoms. The normalized spacial score (nSPS) is 14.9. The predicted octanol–water partition coefficient (Wildman–Crippen LogP) is 7.02. The first kappa shape index (κ1) is 19.8. The lowest BCUT2D eigenvalue weighted by Gasteiger charge is -2.15. The largest absolute Gasteiger partial charge is 0.456 e. The molecule has 0 N–H and O–H groups in total. The molecule has 1 aliphatic carbocycles. The number of ether oxygens (including phenoxy) is 1. The van der Waals surface area contributed by atoms with Gasteiger partial charge in [0.05, 0.1) is 17.0 Å². The minimum absolute atomic E-state index is 0.652. The van der Waals surface area contributed by atoms with Crippen LogP contribution in [0, 0.1) is 13.8 Å². The Kier molecular flexibility index (Phi) is 6.43. The monoisotopic (exact) mass is 384 g/mol. The lowest BCUT2D eigenvalue weighted by atomic mass is 9.98. The summed E-state index contributed by atoms with van der Waals surface area (Å²) in [6.07, 6.45) is 7.04. The highest BCUT2D eigenvalue weighted by atomic mass is 35.5. The van der Waals surface area contributed by atoms with Crippen LogP contribution >= 0.6 is 11.6 Å². The quantitative estimate of drug-likeness (QED) is 0.395. The Morgan fingerprint density at radius 1 is 1.11 bits per heavy atom. The molecular formula is C23H29ClN2O. The van der Waals surface area contributed by atoms with E-state index in [0.29, 0.717) is 16.7 Å². The highest BCUT2D eigenvalue weighted by Crippen LogP contribution is 2.39. The zero-order valence-electron chi connectivity index (χ0n) is 16.8. The fourth-order valence-corrected chi connectivity index (χ4v) is 3.72. The van der Waals surface area contributed by atoms with Gasteiger partial charge in [0.2, 0.25) is 0 Å². The maximum Gasteiger partial charge on any atom is 0.146 e. The highest BCUT2D eigenvalue weighted by Gasteiger charge is 2.18. The van der Waals surface area contributed by atoms with E-state index < -0.39 is 0 Å². The number of benzene rings is 2. The van der Waals surface area contributed by atoms with Crippen molar-refractivity contribution in [3.05, 3.63) is 52.0 Å². The van der Waals surface area contributed by atoms with Gasteiger partial charge < -0.3 is 9.64 Å². The Bertz CT molecular complexity index is 825. The molecule has 0 aliphatic heterocycles. The number of aryl methyl sites for hydroxylation is 2. The molecule has 0 unspecified atom stereocenters. The fraction of sp³-hybridized carbons (Fsp3) is 0.435. The van der Waals surface area contributed by atoms with E-state index in [-0.39, 0.29) is 0 Å². The first-order chi connectivity index (χ1) is 13.0. The number of halogens is 1. The Morgan fingerprint density at radius 2 is 1.85 bits per heavy atom. The standard InChI is InChI=1S/C23H29ClN2O/c1-5-26(4)15-25-21-12-17(3)23(13-16(21)2)27-22-11-10-19(14-20(22)24)18-8-6-7-9-18/h10-15,18H,5-9H2,1-4H3/b25-15-. The van der Waals surface area contributed by atoms with Crippen LogP contribution in [0.15, 0.2) is 35.3 Å². The van der Waals surface area contributed by atoms with E-state index in [1.165, 1.54) is 31.2 Å². The van der Waals surface area contributed by atoms with Crippen LogP contribution in [-0.2, 0) is 0 Å². The third kappa shape index (κ3) is 4.84. The number of nitrogens with zero attached hydrogens (tertiary/aromatic N) is 2. The SMILES string of the molecule is CCN(C)/C=N\c1cc(C)c(Oc2ccc(C3CCCC3)cc2Cl)cc1C. The Balaban J connectivity index is 1.79. The lowest BCUT2D eigenvalue weighted by Crippen LogP contribution is -2.14. The van der Waals surface area contributed by atoms with Crippen LogP contribution in [0.1, 0.15) is 55.2 Å². The van der Waals surface area contributed by atoms with Gasteiger partial charge in [-0.05, 0) is 80.5 Å². The van der Waals surface area contributed by atoms with Crippen LogP contribution in [-0.4, -0.2) is 24.8 Å². The van der Waals surface area contributed by atoms with Gasteiger partial charge in [-0.25, -0.2) is 4.99 Å². The molecule has 144 valence electrons. The molecular weight excluding hydrogens is 356 g/mol. The summed E-state index contributed by atoms with van der Waals surface area (Å²) in [6.45, 7) is 7.12. The smallest absolute Gasteiger partial charge is 0.146 e. The molecule has 4 heteroatoms. The Hall–Kier alpha value is -2.00. The summed E-state index contributed by atoms with van der Waals surface area (Å²) in [5, 5.41) is 0.683. The summed E-state index contributed by atoms with van der Waals surface area (Å²) in [6, 6.07) is 10.3. The third-order valence-electron chi connectivity index (χ3n) is 5.39. The van der Waals surface area contributed by atoms with Gasteiger partial charge >= 0.3 is 0 Å². The van der Waals surface area contributed by atoms with E-state index >= 15 is 0 Å². The second kappa shape index (κ2) is 8.79. The summed E-state index contributed by atoms with van der Waals surface area (Å²) >= 11 is 6.53. The average Bonchev–Trinajstić information content (AvgIpc) is 3.19. The number of hydrogen-bond acceptors (Lipinski definition) is 2. The molecule has 3 rings (SSSR count). The molecule has 0 amide bonds. The van der Waals surface area contributed by atoms with Gasteiger partial charge in [-0.15, -0.1) is 0 Å². The van der Waals surface area contributed by atoms with Crippen molar-refractivity contribution in [2.45, 2.75) is 52.4 Å². The van der Waals surface area contributed by atoms with Crippen molar-refractivity contribution in [2.75, 3.05) is 13.6 Å². The van der Waals surface area contributed by atoms with Crippen LogP contribution in [0.5, 0.6) is 11.5 Å². The number of rotatable bonds is 6. The van der Waals surface area contributed by atoms with E-state index in [9.17, 15) is 0 Å². The van der Waals surface area contributed by atoms with E-state index in [2.05, 4.69) is 37.0 Å². The van der Waals surface area contributed by atoms with Crippen molar-refractivity contribution in [2.24, 2.45) is 4.99 Å². The molecule has 2 aromatic rings. The first-order valence-electron chi connectivity index (χ1n) is 9.81. The summed E-state index contributed by atoms with van der Waals surface area (Å²) in [5.41, 5.74) is 4.42. The lowest BCUT2D eigenvalue weighted by molar-refractivity contribution is 0.478. The average molecular weight is 385 g/mol. The second-order valence-electron chi connectivity index (χ2n) is 7.50. The molecule has 0 radical (unpaired) electrons. The maximum atomic E-state index is 6.53. The van der Waals surface area contributed by atoms with Crippen molar-refractivity contribution in [3.8, 4) is 11.5 Å². The molecule has 0 aromatic heterocycles. The molecule has 0 heterocycles. The van der Waals surface area contributed by atoms with Crippen molar-refractivity contribution in [3.63, 3.8) is 0 Å². The Labute approximate surface area is 168 Å². The molecule has 0 bridgehead atoms. The van der Waals surface area contributed by atoms with E-state index in [0.717, 1.165) is 29.1 Å². The van der Waals surface area contributed by atoms with Crippen LogP contribution in [0.4, 0.5) is 5.69 Å². The zero-order chi connectivity index (χ0) is 19.4. The van der Waals surface area contributed by atoms with Gasteiger partial charge in [0.15, 0.2) is 0 Å². The van der Waals surface area contributed by atoms with E-state index in [1.807, 2.05) is 37.3 Å². The summed E-state index contributed by atoms with van der Waals surface area (Å²) < 4.78 is 6.15. The van der Waals surface area contributed by atoms with Gasteiger partial charge in [-0.1, -0.05) is 30.5 Å². The van der Waals surface area contributed by atoms with Crippen molar-refractivity contribution < 1.29 is 4.74 Å². The molecule has 1 fully saturated rings. The maximum absolute atomic E-state index is 6.53. The van der Waals surface area contributed by atoms with Crippen molar-refractivity contribution in [1.82, 2.24) is 4.90 Å². The molecule has 1 aliphatic rings. The molecule has 2 aromatic carbocycles. The van der Waals surface area contributed by atoms with Crippen molar-refractivity contribution >= 4 is 23.6 Å². The zero-order valence-corrected chi connectivity index (χ0v) is 17.5. The van der Waals surface area contributed by atoms with Crippen molar-refractivity contribution in [1.29, 1.82) is 0 Å². The first-order valence-corrected chi connectivity index (χ1v) is 10.2. The predicted molar refractivity (Wildman–Crippen MR) is 115 cm³/mol. The minimum atomic E-state index is 0.652. The van der Waals surface area contributed by atoms with E-state index in [1.54, 1.807) is 0 Å². The minimum Gasteiger partial charge on any atom is -0.456 e. The van der Waals surface area contributed by atoms with E-state index in [4.69, 9.17) is 16.3 Å². The van der Waals surface area contributed by atoms with Gasteiger partial charge in [0.1, 0.15) is 11.5 Å². The highest BCUT2D eigenvalue weighted by molar-refractivity contribution is 6.32.